The van der Waals surface area contributed by atoms with Crippen molar-refractivity contribution in [3.8, 4) is 40.5 Å². The number of pyridine rings is 1. The number of nitrogen functional groups attached to an aromatic ring is 1. The molecular weight excluding hydrogens is 404 g/mol. The van der Waals surface area contributed by atoms with Crippen LogP contribution >= 0.6 is 11.8 Å². The highest BCUT2D eigenvalue weighted by Gasteiger charge is 2.21. The van der Waals surface area contributed by atoms with E-state index in [2.05, 4.69) is 4.98 Å². The number of hydrogen-bond acceptors (Lipinski definition) is 9. The first-order valence-electron chi connectivity index (χ1n) is 8.46. The molecule has 0 aliphatic rings. The molecule has 2 aromatic carbocycles. The Morgan fingerprint density at radius 1 is 1.00 bits per heavy atom. The molecule has 1 aromatic heterocycles. The minimum atomic E-state index is -0.418. The van der Waals surface area contributed by atoms with Gasteiger partial charge in [0, 0.05) is 11.1 Å². The van der Waals surface area contributed by atoms with Gasteiger partial charge in [0.1, 0.15) is 34.3 Å². The fourth-order valence-electron chi connectivity index (χ4n) is 2.73. The second-order valence-electron chi connectivity index (χ2n) is 6.11. The second kappa shape index (κ2) is 8.43. The summed E-state index contributed by atoms with van der Waals surface area (Å²) in [5.74, 6) is -1.31. The van der Waals surface area contributed by atoms with Crippen molar-refractivity contribution < 1.29 is 20.1 Å². The summed E-state index contributed by atoms with van der Waals surface area (Å²) in [5, 5.41) is 47.9. The number of rotatable bonds is 5. The van der Waals surface area contributed by atoms with E-state index in [1.54, 1.807) is 12.1 Å². The van der Waals surface area contributed by atoms with Crippen molar-refractivity contribution in [3.05, 3.63) is 59.2 Å². The van der Waals surface area contributed by atoms with Gasteiger partial charge in [0.25, 0.3) is 0 Å². The van der Waals surface area contributed by atoms with Crippen molar-refractivity contribution in [2.24, 2.45) is 0 Å². The number of anilines is 1. The van der Waals surface area contributed by atoms with Crippen molar-refractivity contribution in [2.75, 3.05) is 11.5 Å². The normalized spacial score (nSPS) is 10.2. The third-order valence-electron chi connectivity index (χ3n) is 4.21. The number of aromatic nitrogens is 1. The van der Waals surface area contributed by atoms with E-state index in [4.69, 9.17) is 5.73 Å². The number of phenolic OH excluding ortho intramolecular Hbond substituents is 3. The Balaban J connectivity index is 2.00. The molecule has 0 aliphatic carbocycles. The fourth-order valence-corrected chi connectivity index (χ4v) is 3.62. The lowest BCUT2D eigenvalue weighted by atomic mass is 9.97. The van der Waals surface area contributed by atoms with E-state index in [-0.39, 0.29) is 56.1 Å². The minimum absolute atomic E-state index is 0.0233. The molecule has 0 fully saturated rings. The van der Waals surface area contributed by atoms with Crippen LogP contribution in [0.25, 0.3) is 11.1 Å². The molecule has 148 valence electrons. The third-order valence-corrected chi connectivity index (χ3v) is 5.18. The Morgan fingerprint density at radius 3 is 2.27 bits per heavy atom. The molecule has 0 atom stereocenters. The number of benzene rings is 2. The highest BCUT2D eigenvalue weighted by molar-refractivity contribution is 8.00. The molecule has 5 N–H and O–H groups in total. The van der Waals surface area contributed by atoms with Crippen molar-refractivity contribution in [2.45, 2.75) is 5.03 Å². The van der Waals surface area contributed by atoms with Gasteiger partial charge >= 0.3 is 0 Å². The quantitative estimate of drug-likeness (QED) is 0.277. The van der Waals surface area contributed by atoms with E-state index in [0.29, 0.717) is 5.56 Å². The van der Waals surface area contributed by atoms with Gasteiger partial charge in [-0.2, -0.15) is 10.5 Å². The van der Waals surface area contributed by atoms with Crippen LogP contribution in [0, 0.1) is 22.7 Å². The number of hydrogen-bond donors (Lipinski definition) is 4. The number of nitrogens with two attached hydrogens (primary N) is 1. The van der Waals surface area contributed by atoms with E-state index in [0.717, 1.165) is 17.8 Å². The van der Waals surface area contributed by atoms with Crippen LogP contribution in [-0.4, -0.2) is 31.8 Å². The standard InChI is InChI=1S/C21H14N4O4S/c22-8-14-19(11-1-4-13(26)5-2-11)15(9-23)21(25-20(14)24)30-10-18(29)12-3-6-16(27)17(28)7-12/h1-7,26-28H,10H2,(H2,24,25). The molecule has 0 saturated heterocycles. The monoisotopic (exact) mass is 418 g/mol. The molecule has 9 heteroatoms. The maximum Gasteiger partial charge on any atom is 0.173 e. The summed E-state index contributed by atoms with van der Waals surface area (Å²) in [6.07, 6.45) is 0. The summed E-state index contributed by atoms with van der Waals surface area (Å²) in [6, 6.07) is 13.6. The van der Waals surface area contributed by atoms with Gasteiger partial charge in [-0.3, -0.25) is 4.79 Å². The molecule has 3 rings (SSSR count). The molecule has 0 bridgehead atoms. The zero-order valence-electron chi connectivity index (χ0n) is 15.3. The summed E-state index contributed by atoms with van der Waals surface area (Å²) >= 11 is 0.964. The first-order valence-corrected chi connectivity index (χ1v) is 9.45. The van der Waals surface area contributed by atoms with Crippen molar-refractivity contribution >= 4 is 23.4 Å². The van der Waals surface area contributed by atoms with Gasteiger partial charge < -0.3 is 21.1 Å². The zero-order chi connectivity index (χ0) is 21.8. The number of aromatic hydroxyl groups is 3. The molecule has 1 heterocycles. The number of nitrogens with zero attached hydrogens (tertiary/aromatic N) is 3. The number of carbonyl (C=O) groups is 1. The minimum Gasteiger partial charge on any atom is -0.508 e. The summed E-state index contributed by atoms with van der Waals surface area (Å²) in [7, 11) is 0. The van der Waals surface area contributed by atoms with Gasteiger partial charge in [0.05, 0.1) is 11.3 Å². The van der Waals surface area contributed by atoms with Gasteiger partial charge in [-0.1, -0.05) is 23.9 Å². The molecule has 0 amide bonds. The first kappa shape index (κ1) is 20.5. The first-order chi connectivity index (χ1) is 14.3. The van der Waals surface area contributed by atoms with Gasteiger partial charge in [-0.25, -0.2) is 4.98 Å². The number of carbonyl (C=O) groups excluding carboxylic acids is 1. The lowest BCUT2D eigenvalue weighted by molar-refractivity contribution is 0.102. The SMILES string of the molecule is N#Cc1c(N)nc(SCC(=O)c2ccc(O)c(O)c2)c(C#N)c1-c1ccc(O)cc1. The van der Waals surface area contributed by atoms with Gasteiger partial charge in [-0.15, -0.1) is 0 Å². The molecule has 0 saturated carbocycles. The van der Waals surface area contributed by atoms with Gasteiger partial charge in [0.15, 0.2) is 17.3 Å². The zero-order valence-corrected chi connectivity index (χ0v) is 16.1. The highest BCUT2D eigenvalue weighted by Crippen LogP contribution is 2.36. The Morgan fingerprint density at radius 2 is 1.67 bits per heavy atom. The van der Waals surface area contributed by atoms with Crippen LogP contribution < -0.4 is 5.73 Å². The predicted octanol–water partition coefficient (Wildman–Crippen LogP) is 3.17. The lowest BCUT2D eigenvalue weighted by Gasteiger charge is -2.13. The van der Waals surface area contributed by atoms with Crippen LogP contribution in [0.1, 0.15) is 21.5 Å². The summed E-state index contributed by atoms with van der Waals surface area (Å²) in [5.41, 5.74) is 6.97. The summed E-state index contributed by atoms with van der Waals surface area (Å²) < 4.78 is 0. The Hall–Kier alpha value is -4.21. The Kier molecular flexibility index (Phi) is 5.77. The van der Waals surface area contributed by atoms with Crippen LogP contribution in [0.2, 0.25) is 0 Å². The average molecular weight is 418 g/mol. The van der Waals surface area contributed by atoms with Crippen LogP contribution in [0.15, 0.2) is 47.5 Å². The highest BCUT2D eigenvalue weighted by atomic mass is 32.2. The van der Waals surface area contributed by atoms with Crippen LogP contribution in [0.3, 0.4) is 0 Å². The van der Waals surface area contributed by atoms with Crippen LogP contribution in [0.4, 0.5) is 5.82 Å². The summed E-state index contributed by atoms with van der Waals surface area (Å²) in [4.78, 5) is 16.6. The van der Waals surface area contributed by atoms with Crippen molar-refractivity contribution in [1.29, 1.82) is 10.5 Å². The number of Topliss-reactive ketones (excluding diaryl/α,β-unsaturated/α-hetero) is 1. The maximum absolute atomic E-state index is 12.4. The lowest BCUT2D eigenvalue weighted by Crippen LogP contribution is -2.06. The summed E-state index contributed by atoms with van der Waals surface area (Å²) in [6.45, 7) is 0. The number of nitriles is 2. The van der Waals surface area contributed by atoms with Crippen molar-refractivity contribution in [1.82, 2.24) is 4.98 Å². The molecular formula is C21H14N4O4S. The van der Waals surface area contributed by atoms with E-state index in [1.807, 2.05) is 12.1 Å². The Bertz CT molecular complexity index is 1230. The molecule has 30 heavy (non-hydrogen) atoms. The number of thioether (sulfide) groups is 1. The van der Waals surface area contributed by atoms with E-state index in [9.17, 15) is 30.6 Å². The van der Waals surface area contributed by atoms with Gasteiger partial charge in [-0.05, 0) is 35.9 Å². The molecule has 0 aliphatic heterocycles. The molecule has 3 aromatic rings. The van der Waals surface area contributed by atoms with Crippen LogP contribution in [-0.2, 0) is 0 Å². The smallest absolute Gasteiger partial charge is 0.173 e. The van der Waals surface area contributed by atoms with E-state index < -0.39 is 5.75 Å². The second-order valence-corrected chi connectivity index (χ2v) is 7.08. The van der Waals surface area contributed by atoms with E-state index in [1.165, 1.54) is 24.3 Å². The average Bonchev–Trinajstić information content (AvgIpc) is 2.74. The molecule has 0 unspecified atom stereocenters. The topological polar surface area (TPSA) is 164 Å². The largest absolute Gasteiger partial charge is 0.508 e. The van der Waals surface area contributed by atoms with E-state index >= 15 is 0 Å². The third kappa shape index (κ3) is 3.97. The molecule has 0 spiro atoms. The van der Waals surface area contributed by atoms with Gasteiger partial charge in [0.2, 0.25) is 0 Å². The fraction of sp³-hybridized carbons (Fsp3) is 0.0476. The number of phenols is 3. The predicted molar refractivity (Wildman–Crippen MR) is 110 cm³/mol. The van der Waals surface area contributed by atoms with Crippen molar-refractivity contribution in [3.63, 3.8) is 0 Å². The molecule has 0 radical (unpaired) electrons. The molecule has 8 nitrogen and oxygen atoms in total. The maximum atomic E-state index is 12.4. The Labute approximate surface area is 175 Å². The number of ketones is 1. The van der Waals surface area contributed by atoms with Crippen LogP contribution in [0.5, 0.6) is 17.2 Å².